The molecule has 0 rings (SSSR count). The maximum absolute atomic E-state index is 11.4. The van der Waals surface area contributed by atoms with Crippen LogP contribution < -0.4 is 0 Å². The Kier molecular flexibility index (Phi) is 8.56. The number of rotatable bonds is 12. The minimum Gasteiger partial charge on any atom is -0.350 e. The van der Waals surface area contributed by atoms with Crippen LogP contribution in [0.4, 0.5) is 0 Å². The Labute approximate surface area is 136 Å². The fraction of sp³-hybridized carbons (Fsp3) is 1.00. The van der Waals surface area contributed by atoms with E-state index in [0.717, 1.165) is 12.5 Å². The van der Waals surface area contributed by atoms with Crippen LogP contribution in [-0.2, 0) is 53.0 Å². The Morgan fingerprint density at radius 1 is 0.609 bits per heavy atom. The molecule has 0 N–H and O–H groups in total. The van der Waals surface area contributed by atoms with Gasteiger partial charge in [-0.15, -0.1) is 0 Å². The van der Waals surface area contributed by atoms with Crippen LogP contribution in [0.1, 0.15) is 0 Å². The van der Waals surface area contributed by atoms with E-state index in [2.05, 4.69) is 13.1 Å². The molecule has 140 valence electrons. The Hall–Kier alpha value is -0.320. The highest BCUT2D eigenvalue weighted by Gasteiger charge is 2.17. The van der Waals surface area contributed by atoms with Gasteiger partial charge in [0.05, 0.1) is 37.2 Å². The first-order valence-corrected chi connectivity index (χ1v) is 13.1. The fourth-order valence-corrected chi connectivity index (χ4v) is 3.70. The predicted octanol–water partition coefficient (Wildman–Crippen LogP) is -2.30. The molecule has 0 saturated carbocycles. The quantitative estimate of drug-likeness (QED) is 0.313. The van der Waals surface area contributed by atoms with Crippen molar-refractivity contribution in [1.29, 1.82) is 0 Å². The molecule has 23 heavy (non-hydrogen) atoms. The third-order valence-corrected chi connectivity index (χ3v) is 5.73. The molecule has 0 aliphatic carbocycles. The number of hydrogen-bond donors (Lipinski definition) is 0. The summed E-state index contributed by atoms with van der Waals surface area (Å²) in [5, 5.41) is 0. The van der Waals surface area contributed by atoms with Crippen LogP contribution in [0, 0.1) is 0 Å². The molecule has 0 fully saturated rings. The van der Waals surface area contributed by atoms with Crippen LogP contribution in [0.2, 0.25) is 0 Å². The van der Waals surface area contributed by atoms with Gasteiger partial charge in [0.2, 0.25) is 0 Å². The zero-order chi connectivity index (χ0) is 18.4. The Bertz CT molecular complexity index is 705. The van der Waals surface area contributed by atoms with Crippen molar-refractivity contribution in [3.8, 4) is 0 Å². The second-order valence-corrected chi connectivity index (χ2v) is 11.9. The summed E-state index contributed by atoms with van der Waals surface area (Å²) in [6.45, 7) is -1.22. The first-order valence-electron chi connectivity index (χ1n) is 5.79. The normalized spacial score (nSPS) is 14.0. The predicted molar refractivity (Wildman–Crippen MR) is 80.0 cm³/mol. The molecule has 0 bridgehead atoms. The zero-order valence-corrected chi connectivity index (χ0v) is 15.6. The largest absolute Gasteiger partial charge is 0.350 e. The van der Waals surface area contributed by atoms with Gasteiger partial charge in [0.1, 0.15) is 11.9 Å². The first-order chi connectivity index (χ1) is 10.1. The molecular weight excluding hydrogens is 400 g/mol. The van der Waals surface area contributed by atoms with Gasteiger partial charge in [-0.05, 0) is 0 Å². The van der Waals surface area contributed by atoms with Gasteiger partial charge in [-0.1, -0.05) is 0 Å². The smallest absolute Gasteiger partial charge is 0.264 e. The van der Waals surface area contributed by atoms with Crippen molar-refractivity contribution in [3.05, 3.63) is 0 Å². The highest BCUT2D eigenvalue weighted by Crippen LogP contribution is 1.99. The lowest BCUT2D eigenvalue weighted by molar-refractivity contribution is 0.223. The van der Waals surface area contributed by atoms with Gasteiger partial charge in [-0.3, -0.25) is 8.37 Å². The van der Waals surface area contributed by atoms with Crippen molar-refractivity contribution in [2.45, 2.75) is 0 Å². The van der Waals surface area contributed by atoms with Crippen molar-refractivity contribution in [2.75, 3.05) is 49.1 Å². The van der Waals surface area contributed by atoms with Crippen molar-refractivity contribution in [2.24, 2.45) is 0 Å². The van der Waals surface area contributed by atoms with Gasteiger partial charge in [0.25, 0.3) is 20.2 Å². The van der Waals surface area contributed by atoms with Gasteiger partial charge in [-0.2, -0.15) is 16.8 Å². The summed E-state index contributed by atoms with van der Waals surface area (Å²) < 4.78 is 101. The van der Waals surface area contributed by atoms with Gasteiger partial charge in [0.15, 0.2) is 19.7 Å². The molecule has 0 saturated heterocycles. The summed E-state index contributed by atoms with van der Waals surface area (Å²) in [5.74, 6) is -3.24. The third-order valence-electron chi connectivity index (χ3n) is 1.91. The van der Waals surface area contributed by atoms with E-state index in [4.69, 9.17) is 0 Å². The molecule has 0 aliphatic heterocycles. The standard InChI is InChI=1S/C8H18O11S4/c1-20(9,10)18-3-5-22(13,14)7-17-8-23(15,16)6-4-19-21(2,11)12/h3-8H2,1-2H3. The van der Waals surface area contributed by atoms with E-state index in [0.29, 0.717) is 0 Å². The molecule has 0 atom stereocenters. The SMILES string of the molecule is CS(=O)(=O)OCCS(=O)(=O)COCS(=O)(=O)CCOS(C)(=O)=O. The summed E-state index contributed by atoms with van der Waals surface area (Å²) in [6, 6.07) is 0. The number of sulfone groups is 2. The summed E-state index contributed by atoms with van der Waals surface area (Å²) in [5.41, 5.74) is 0. The highest BCUT2D eigenvalue weighted by molar-refractivity contribution is 7.92. The van der Waals surface area contributed by atoms with Gasteiger partial charge >= 0.3 is 0 Å². The second-order valence-electron chi connectivity index (χ2n) is 4.39. The summed E-state index contributed by atoms with van der Waals surface area (Å²) >= 11 is 0. The van der Waals surface area contributed by atoms with Crippen LogP contribution in [0.3, 0.4) is 0 Å². The molecule has 0 unspecified atom stereocenters. The molecule has 0 heterocycles. The van der Waals surface area contributed by atoms with Gasteiger partial charge in [0, 0.05) is 0 Å². The van der Waals surface area contributed by atoms with E-state index >= 15 is 0 Å². The van der Waals surface area contributed by atoms with E-state index in [9.17, 15) is 33.7 Å². The van der Waals surface area contributed by atoms with E-state index in [1.165, 1.54) is 0 Å². The topological polar surface area (TPSA) is 164 Å². The molecule has 0 amide bonds. The summed E-state index contributed by atoms with van der Waals surface area (Å²) in [7, 11) is -15.3. The summed E-state index contributed by atoms with van der Waals surface area (Å²) in [6.07, 6.45) is 1.50. The van der Waals surface area contributed by atoms with Crippen LogP contribution in [0.5, 0.6) is 0 Å². The van der Waals surface area contributed by atoms with Crippen molar-refractivity contribution < 1.29 is 46.8 Å². The minimum atomic E-state index is -3.87. The van der Waals surface area contributed by atoms with E-state index in [1.807, 2.05) is 0 Å². The lowest BCUT2D eigenvalue weighted by Gasteiger charge is -2.07. The van der Waals surface area contributed by atoms with Crippen LogP contribution in [-0.4, -0.2) is 82.8 Å². The lowest BCUT2D eigenvalue weighted by Crippen LogP contribution is -2.23. The van der Waals surface area contributed by atoms with Gasteiger partial charge in [-0.25, -0.2) is 16.8 Å². The Balaban J connectivity index is 4.21. The second kappa shape index (κ2) is 8.68. The Morgan fingerprint density at radius 2 is 0.913 bits per heavy atom. The van der Waals surface area contributed by atoms with E-state index < -0.39 is 76.5 Å². The molecule has 15 heteroatoms. The molecule has 0 aromatic heterocycles. The molecule has 0 aromatic carbocycles. The maximum Gasteiger partial charge on any atom is 0.264 e. The van der Waals surface area contributed by atoms with Crippen LogP contribution >= 0.6 is 0 Å². The fourth-order valence-electron chi connectivity index (χ4n) is 1.03. The van der Waals surface area contributed by atoms with Crippen molar-refractivity contribution in [3.63, 3.8) is 0 Å². The van der Waals surface area contributed by atoms with Gasteiger partial charge < -0.3 is 4.74 Å². The van der Waals surface area contributed by atoms with E-state index in [1.54, 1.807) is 0 Å². The zero-order valence-electron chi connectivity index (χ0n) is 12.4. The molecule has 11 nitrogen and oxygen atoms in total. The van der Waals surface area contributed by atoms with Crippen LogP contribution in [0.25, 0.3) is 0 Å². The lowest BCUT2D eigenvalue weighted by atomic mass is 10.9. The number of ether oxygens (including phenoxy) is 1. The van der Waals surface area contributed by atoms with Crippen LogP contribution in [0.15, 0.2) is 0 Å². The molecule has 0 aromatic rings. The molecule has 0 spiro atoms. The Morgan fingerprint density at radius 3 is 1.17 bits per heavy atom. The maximum atomic E-state index is 11.4. The molecular formula is C8H18O11S4. The van der Waals surface area contributed by atoms with Crippen molar-refractivity contribution in [1.82, 2.24) is 0 Å². The average Bonchev–Trinajstić information content (AvgIpc) is 2.23. The molecule has 0 aliphatic rings. The minimum absolute atomic E-state index is 0.612. The monoisotopic (exact) mass is 418 g/mol. The summed E-state index contributed by atoms with van der Waals surface area (Å²) in [4.78, 5) is 0. The highest BCUT2D eigenvalue weighted by atomic mass is 32.2. The third kappa shape index (κ3) is 15.0. The average molecular weight is 418 g/mol. The van der Waals surface area contributed by atoms with E-state index in [-0.39, 0.29) is 0 Å². The number of hydrogen-bond acceptors (Lipinski definition) is 11. The van der Waals surface area contributed by atoms with Crippen molar-refractivity contribution >= 4 is 39.9 Å². The first kappa shape index (κ1) is 22.7. The molecule has 0 radical (unpaired) electrons.